The van der Waals surface area contributed by atoms with Crippen LogP contribution in [0.4, 0.5) is 5.95 Å². The molecule has 3 rings (SSSR count). The molecule has 0 aliphatic carbocycles. The molecule has 0 fully saturated rings. The summed E-state index contributed by atoms with van der Waals surface area (Å²) in [5, 5.41) is 4.14. The van der Waals surface area contributed by atoms with E-state index in [4.69, 9.17) is 11.5 Å². The van der Waals surface area contributed by atoms with Crippen LogP contribution < -0.4 is 11.5 Å². The molecule has 0 saturated carbocycles. The average Bonchev–Trinajstić information content (AvgIpc) is 2.77. The molecule has 0 aliphatic heterocycles. The van der Waals surface area contributed by atoms with Gasteiger partial charge >= 0.3 is 0 Å². The minimum Gasteiger partial charge on any atom is -0.366 e. The Labute approximate surface area is 110 Å². The number of hydrogen-bond acceptors (Lipinski definition) is 4. The van der Waals surface area contributed by atoms with Gasteiger partial charge in [-0.25, -0.2) is 4.52 Å². The predicted molar refractivity (Wildman–Crippen MR) is 75.5 cm³/mol. The third-order valence-electron chi connectivity index (χ3n) is 3.20. The standard InChI is InChI=1S/C14H15N5/c1-9-6-13-17-14(16)18-19(13)8-12(9)11-4-2-10(7-15)3-5-11/h2-6,8H,7,15H2,1H3,(H2,16,18). The number of benzene rings is 1. The van der Waals surface area contributed by atoms with E-state index in [1.165, 1.54) is 0 Å². The van der Waals surface area contributed by atoms with Crippen LogP contribution in [0.25, 0.3) is 16.8 Å². The van der Waals surface area contributed by atoms with E-state index in [0.29, 0.717) is 6.54 Å². The van der Waals surface area contributed by atoms with Crippen LogP contribution in [0.3, 0.4) is 0 Å². The summed E-state index contributed by atoms with van der Waals surface area (Å²) in [7, 11) is 0. The fraction of sp³-hybridized carbons (Fsp3) is 0.143. The van der Waals surface area contributed by atoms with Gasteiger partial charge in [0, 0.05) is 18.3 Å². The predicted octanol–water partition coefficient (Wildman–Crippen LogP) is 1.75. The molecule has 3 aromatic rings. The summed E-state index contributed by atoms with van der Waals surface area (Å²) in [6.45, 7) is 2.61. The molecule has 5 nitrogen and oxygen atoms in total. The van der Waals surface area contributed by atoms with Crippen molar-refractivity contribution in [3.63, 3.8) is 0 Å². The van der Waals surface area contributed by atoms with Gasteiger partial charge in [-0.3, -0.25) is 0 Å². The van der Waals surface area contributed by atoms with Crippen LogP contribution in [-0.2, 0) is 6.54 Å². The summed E-state index contributed by atoms with van der Waals surface area (Å²) in [6, 6.07) is 10.2. The van der Waals surface area contributed by atoms with Crippen molar-refractivity contribution in [1.29, 1.82) is 0 Å². The van der Waals surface area contributed by atoms with Crippen LogP contribution in [-0.4, -0.2) is 14.6 Å². The lowest BCUT2D eigenvalue weighted by molar-refractivity contribution is 0.966. The zero-order valence-corrected chi connectivity index (χ0v) is 10.7. The van der Waals surface area contributed by atoms with Crippen molar-refractivity contribution < 1.29 is 0 Å². The van der Waals surface area contributed by atoms with E-state index >= 15 is 0 Å². The minimum absolute atomic E-state index is 0.287. The summed E-state index contributed by atoms with van der Waals surface area (Å²) in [5.74, 6) is 0.287. The molecule has 0 radical (unpaired) electrons. The molecule has 0 unspecified atom stereocenters. The smallest absolute Gasteiger partial charge is 0.240 e. The third kappa shape index (κ3) is 2.04. The monoisotopic (exact) mass is 253 g/mol. The molecule has 0 amide bonds. The number of hydrogen-bond donors (Lipinski definition) is 2. The zero-order chi connectivity index (χ0) is 13.4. The van der Waals surface area contributed by atoms with Gasteiger partial charge in [-0.2, -0.15) is 4.98 Å². The summed E-state index contributed by atoms with van der Waals surface area (Å²) in [5.41, 5.74) is 16.5. The first-order valence-corrected chi connectivity index (χ1v) is 6.09. The van der Waals surface area contributed by atoms with Crippen LogP contribution in [0, 0.1) is 6.92 Å². The van der Waals surface area contributed by atoms with Gasteiger partial charge < -0.3 is 11.5 Å². The quantitative estimate of drug-likeness (QED) is 0.729. The molecule has 1 aromatic carbocycles. The Morgan fingerprint density at radius 1 is 1.21 bits per heavy atom. The Morgan fingerprint density at radius 2 is 1.95 bits per heavy atom. The van der Waals surface area contributed by atoms with Crippen LogP contribution in [0.15, 0.2) is 36.5 Å². The lowest BCUT2D eigenvalue weighted by atomic mass is 10.0. The van der Waals surface area contributed by atoms with Gasteiger partial charge in [-0.15, -0.1) is 5.10 Å². The summed E-state index contributed by atoms with van der Waals surface area (Å²) in [4.78, 5) is 4.15. The Hall–Kier alpha value is -2.40. The topological polar surface area (TPSA) is 82.2 Å². The third-order valence-corrected chi connectivity index (χ3v) is 3.20. The van der Waals surface area contributed by atoms with Gasteiger partial charge in [0.15, 0.2) is 5.65 Å². The molecule has 4 N–H and O–H groups in total. The Kier molecular flexibility index (Phi) is 2.68. The largest absolute Gasteiger partial charge is 0.366 e. The maximum absolute atomic E-state index is 5.61. The highest BCUT2D eigenvalue weighted by atomic mass is 15.3. The first-order chi connectivity index (χ1) is 9.17. The van der Waals surface area contributed by atoms with Crippen LogP contribution >= 0.6 is 0 Å². The highest BCUT2D eigenvalue weighted by Crippen LogP contribution is 2.24. The molecule has 2 aromatic heterocycles. The summed E-state index contributed by atoms with van der Waals surface area (Å²) >= 11 is 0. The number of pyridine rings is 1. The van der Waals surface area contributed by atoms with E-state index in [-0.39, 0.29) is 5.95 Å². The second kappa shape index (κ2) is 4.37. The fourth-order valence-corrected chi connectivity index (χ4v) is 2.16. The van der Waals surface area contributed by atoms with Gasteiger partial charge in [0.1, 0.15) is 0 Å². The van der Waals surface area contributed by atoms with Crippen LogP contribution in [0.2, 0.25) is 0 Å². The SMILES string of the molecule is Cc1cc2nc(N)nn2cc1-c1ccc(CN)cc1. The normalized spacial score (nSPS) is 11.1. The maximum Gasteiger partial charge on any atom is 0.240 e. The van der Waals surface area contributed by atoms with E-state index in [0.717, 1.165) is 27.9 Å². The van der Waals surface area contributed by atoms with Gasteiger partial charge in [0.2, 0.25) is 5.95 Å². The number of fused-ring (bicyclic) bond motifs is 1. The van der Waals surface area contributed by atoms with E-state index in [9.17, 15) is 0 Å². The number of anilines is 1. The van der Waals surface area contributed by atoms with Gasteiger partial charge in [-0.1, -0.05) is 24.3 Å². The first-order valence-electron chi connectivity index (χ1n) is 6.09. The van der Waals surface area contributed by atoms with Crippen molar-refractivity contribution in [2.45, 2.75) is 13.5 Å². The molecular formula is C14H15N5. The fourth-order valence-electron chi connectivity index (χ4n) is 2.16. The number of rotatable bonds is 2. The highest BCUT2D eigenvalue weighted by molar-refractivity contribution is 5.69. The van der Waals surface area contributed by atoms with Crippen molar-refractivity contribution >= 4 is 11.6 Å². The molecular weight excluding hydrogens is 238 g/mol. The molecule has 0 saturated heterocycles. The molecule has 2 heterocycles. The number of aromatic nitrogens is 3. The second-order valence-corrected chi connectivity index (χ2v) is 4.54. The average molecular weight is 253 g/mol. The molecule has 5 heteroatoms. The number of nitrogens with two attached hydrogens (primary N) is 2. The summed E-state index contributed by atoms with van der Waals surface area (Å²) in [6.07, 6.45) is 1.95. The Morgan fingerprint density at radius 3 is 2.63 bits per heavy atom. The molecule has 0 bridgehead atoms. The number of nitrogens with zero attached hydrogens (tertiary/aromatic N) is 3. The van der Waals surface area contributed by atoms with Crippen molar-refractivity contribution in [3.05, 3.63) is 47.7 Å². The van der Waals surface area contributed by atoms with E-state index < -0.39 is 0 Å². The Balaban J connectivity index is 2.14. The van der Waals surface area contributed by atoms with Crippen molar-refractivity contribution in [1.82, 2.24) is 14.6 Å². The second-order valence-electron chi connectivity index (χ2n) is 4.54. The van der Waals surface area contributed by atoms with E-state index in [1.807, 2.05) is 24.4 Å². The number of nitrogen functional groups attached to an aromatic ring is 1. The van der Waals surface area contributed by atoms with Crippen LogP contribution in [0.5, 0.6) is 0 Å². The summed E-state index contributed by atoms with van der Waals surface area (Å²) < 4.78 is 1.70. The van der Waals surface area contributed by atoms with Crippen LogP contribution in [0.1, 0.15) is 11.1 Å². The molecule has 19 heavy (non-hydrogen) atoms. The van der Waals surface area contributed by atoms with Gasteiger partial charge in [0.25, 0.3) is 0 Å². The van der Waals surface area contributed by atoms with Crippen molar-refractivity contribution in [3.8, 4) is 11.1 Å². The molecule has 96 valence electrons. The van der Waals surface area contributed by atoms with Gasteiger partial charge in [0.05, 0.1) is 0 Å². The lowest BCUT2D eigenvalue weighted by Crippen LogP contribution is -1.96. The van der Waals surface area contributed by atoms with E-state index in [1.54, 1.807) is 4.52 Å². The van der Waals surface area contributed by atoms with E-state index in [2.05, 4.69) is 29.1 Å². The van der Waals surface area contributed by atoms with Crippen molar-refractivity contribution in [2.24, 2.45) is 5.73 Å². The lowest BCUT2D eigenvalue weighted by Gasteiger charge is -2.07. The molecule has 0 spiro atoms. The van der Waals surface area contributed by atoms with Gasteiger partial charge in [-0.05, 0) is 29.7 Å². The minimum atomic E-state index is 0.287. The molecule has 0 atom stereocenters. The Bertz CT molecular complexity index is 727. The maximum atomic E-state index is 5.61. The van der Waals surface area contributed by atoms with Crippen molar-refractivity contribution in [2.75, 3.05) is 5.73 Å². The number of aryl methyl sites for hydroxylation is 1. The first kappa shape index (κ1) is 11.7. The molecule has 0 aliphatic rings. The highest BCUT2D eigenvalue weighted by Gasteiger charge is 2.07. The zero-order valence-electron chi connectivity index (χ0n) is 10.7.